The van der Waals surface area contributed by atoms with Crippen molar-refractivity contribution in [3.05, 3.63) is 143 Å². The molecule has 0 unspecified atom stereocenters. The molecule has 0 fully saturated rings. The Morgan fingerprint density at radius 2 is 0.750 bits per heavy atom. The second-order valence-corrected chi connectivity index (χ2v) is 7.11. The summed E-state index contributed by atoms with van der Waals surface area (Å²) in [6.07, 6.45) is 0. The van der Waals surface area contributed by atoms with Gasteiger partial charge in [0.2, 0.25) is 0 Å². The molecule has 0 saturated heterocycles. The normalized spacial score (nSPS) is 10.5. The molecule has 0 radical (unpaired) electrons. The van der Waals surface area contributed by atoms with Crippen molar-refractivity contribution in [3.8, 4) is 0 Å². The minimum atomic E-state index is 1.23. The summed E-state index contributed by atoms with van der Waals surface area (Å²) >= 11 is 0. The number of rotatable bonds is 4. The van der Waals surface area contributed by atoms with Crippen LogP contribution in [0.15, 0.2) is 109 Å². The van der Waals surface area contributed by atoms with Gasteiger partial charge in [0.1, 0.15) is 0 Å². The first-order valence-electron chi connectivity index (χ1n) is 9.73. The Morgan fingerprint density at radius 3 is 1.14 bits per heavy atom. The first-order chi connectivity index (χ1) is 13.8. The summed E-state index contributed by atoms with van der Waals surface area (Å²) in [5.74, 6) is 0. The largest absolute Gasteiger partial charge is 0.0622 e. The predicted octanol–water partition coefficient (Wildman–Crippen LogP) is 7.31. The molecule has 0 bridgehead atoms. The quantitative estimate of drug-likeness (QED) is 0.335. The van der Waals surface area contributed by atoms with Crippen molar-refractivity contribution in [2.24, 2.45) is 0 Å². The van der Waals surface area contributed by atoms with Crippen LogP contribution >= 0.6 is 0 Å². The third kappa shape index (κ3) is 3.54. The molecular weight excluding hydrogens is 336 g/mol. The van der Waals surface area contributed by atoms with E-state index in [1.54, 1.807) is 0 Å². The fourth-order valence-corrected chi connectivity index (χ4v) is 3.79. The van der Waals surface area contributed by atoms with Gasteiger partial charge in [-0.1, -0.05) is 109 Å². The van der Waals surface area contributed by atoms with Crippen LogP contribution in [0.1, 0.15) is 33.4 Å². The molecule has 0 heterocycles. The SMILES string of the molecule is Cc1ccccc1C(=C(c1ccccc1)c1ccccc1)c1ccccc1C. The Labute approximate surface area is 167 Å². The van der Waals surface area contributed by atoms with Crippen LogP contribution in [-0.4, -0.2) is 0 Å². The minimum absolute atomic E-state index is 1.23. The van der Waals surface area contributed by atoms with Crippen molar-refractivity contribution in [2.45, 2.75) is 13.8 Å². The van der Waals surface area contributed by atoms with Crippen molar-refractivity contribution in [1.82, 2.24) is 0 Å². The highest BCUT2D eigenvalue weighted by atomic mass is 14.2. The zero-order valence-electron chi connectivity index (χ0n) is 16.4. The zero-order valence-corrected chi connectivity index (χ0v) is 16.4. The Balaban J connectivity index is 2.16. The molecule has 28 heavy (non-hydrogen) atoms. The molecule has 0 saturated carbocycles. The maximum atomic E-state index is 2.24. The van der Waals surface area contributed by atoms with E-state index in [0.29, 0.717) is 0 Å². The topological polar surface area (TPSA) is 0 Å². The van der Waals surface area contributed by atoms with Crippen LogP contribution in [0.4, 0.5) is 0 Å². The van der Waals surface area contributed by atoms with Gasteiger partial charge in [-0.3, -0.25) is 0 Å². The lowest BCUT2D eigenvalue weighted by atomic mass is 9.83. The molecule has 136 valence electrons. The highest BCUT2D eigenvalue weighted by Gasteiger charge is 2.18. The second kappa shape index (κ2) is 8.10. The van der Waals surface area contributed by atoms with Gasteiger partial charge in [-0.2, -0.15) is 0 Å². The third-order valence-electron chi connectivity index (χ3n) is 5.20. The first kappa shape index (κ1) is 18.0. The Morgan fingerprint density at radius 1 is 0.393 bits per heavy atom. The highest BCUT2D eigenvalue weighted by Crippen LogP contribution is 2.38. The monoisotopic (exact) mass is 360 g/mol. The highest BCUT2D eigenvalue weighted by molar-refractivity contribution is 6.05. The van der Waals surface area contributed by atoms with Crippen LogP contribution in [0.3, 0.4) is 0 Å². The van der Waals surface area contributed by atoms with E-state index in [2.05, 4.69) is 123 Å². The Kier molecular flexibility index (Phi) is 5.21. The molecule has 0 aliphatic rings. The molecule has 0 aromatic heterocycles. The van der Waals surface area contributed by atoms with E-state index >= 15 is 0 Å². The molecule has 0 nitrogen and oxygen atoms in total. The maximum Gasteiger partial charge on any atom is -0.00215 e. The van der Waals surface area contributed by atoms with Gasteiger partial charge in [0.15, 0.2) is 0 Å². The lowest BCUT2D eigenvalue weighted by Crippen LogP contribution is -2.00. The minimum Gasteiger partial charge on any atom is -0.0622 e. The Bertz CT molecular complexity index is 1010. The summed E-state index contributed by atoms with van der Waals surface area (Å²) < 4.78 is 0. The van der Waals surface area contributed by atoms with Gasteiger partial charge in [-0.25, -0.2) is 0 Å². The third-order valence-corrected chi connectivity index (χ3v) is 5.20. The second-order valence-electron chi connectivity index (χ2n) is 7.11. The van der Waals surface area contributed by atoms with E-state index in [4.69, 9.17) is 0 Å². The number of hydrogen-bond donors (Lipinski definition) is 0. The smallest absolute Gasteiger partial charge is 0.00215 e. The van der Waals surface area contributed by atoms with E-state index in [1.165, 1.54) is 44.5 Å². The van der Waals surface area contributed by atoms with E-state index in [-0.39, 0.29) is 0 Å². The fraction of sp³-hybridized carbons (Fsp3) is 0.0714. The lowest BCUT2D eigenvalue weighted by Gasteiger charge is -2.20. The number of benzene rings is 4. The number of hydrogen-bond acceptors (Lipinski definition) is 0. The van der Waals surface area contributed by atoms with Crippen molar-refractivity contribution >= 4 is 11.1 Å². The maximum absolute atomic E-state index is 2.24. The van der Waals surface area contributed by atoms with Crippen LogP contribution in [0.2, 0.25) is 0 Å². The van der Waals surface area contributed by atoms with Crippen LogP contribution in [0, 0.1) is 13.8 Å². The van der Waals surface area contributed by atoms with Crippen molar-refractivity contribution in [3.63, 3.8) is 0 Å². The Hall–Kier alpha value is -3.38. The van der Waals surface area contributed by atoms with Gasteiger partial charge in [0.25, 0.3) is 0 Å². The van der Waals surface area contributed by atoms with Crippen LogP contribution in [0.5, 0.6) is 0 Å². The van der Waals surface area contributed by atoms with Crippen LogP contribution in [0.25, 0.3) is 11.1 Å². The molecule has 0 spiro atoms. The molecule has 0 heteroatoms. The summed E-state index contributed by atoms with van der Waals surface area (Å²) in [5, 5.41) is 0. The first-order valence-corrected chi connectivity index (χ1v) is 9.73. The van der Waals surface area contributed by atoms with E-state index in [9.17, 15) is 0 Å². The predicted molar refractivity (Wildman–Crippen MR) is 120 cm³/mol. The molecule has 0 atom stereocenters. The van der Waals surface area contributed by atoms with Crippen molar-refractivity contribution in [2.75, 3.05) is 0 Å². The molecule has 4 rings (SSSR count). The van der Waals surface area contributed by atoms with E-state index in [0.717, 1.165) is 0 Å². The molecule has 0 amide bonds. The van der Waals surface area contributed by atoms with Crippen molar-refractivity contribution in [1.29, 1.82) is 0 Å². The molecule has 0 aliphatic heterocycles. The van der Waals surface area contributed by atoms with Crippen LogP contribution < -0.4 is 0 Å². The summed E-state index contributed by atoms with van der Waals surface area (Å²) in [7, 11) is 0. The van der Waals surface area contributed by atoms with Gasteiger partial charge in [-0.05, 0) is 58.4 Å². The molecule has 0 aliphatic carbocycles. The molecule has 4 aromatic carbocycles. The lowest BCUT2D eigenvalue weighted by molar-refractivity contribution is 1.37. The number of aryl methyl sites for hydroxylation is 2. The molecule has 4 aromatic rings. The van der Waals surface area contributed by atoms with E-state index in [1.807, 2.05) is 0 Å². The molecular formula is C28H24. The standard InChI is InChI=1S/C28H24/c1-21-13-9-11-19-25(21)28(26-20-12-10-14-22(26)2)27(23-15-5-3-6-16-23)24-17-7-4-8-18-24/h3-20H,1-2H3. The average Bonchev–Trinajstić information content (AvgIpc) is 2.75. The van der Waals surface area contributed by atoms with Crippen molar-refractivity contribution < 1.29 is 0 Å². The van der Waals surface area contributed by atoms with E-state index < -0.39 is 0 Å². The van der Waals surface area contributed by atoms with Gasteiger partial charge in [-0.15, -0.1) is 0 Å². The van der Waals surface area contributed by atoms with Gasteiger partial charge in [0.05, 0.1) is 0 Å². The van der Waals surface area contributed by atoms with Crippen LogP contribution in [-0.2, 0) is 0 Å². The average molecular weight is 361 g/mol. The summed E-state index contributed by atoms with van der Waals surface area (Å²) in [6, 6.07) is 38.8. The fourth-order valence-electron chi connectivity index (χ4n) is 3.79. The summed E-state index contributed by atoms with van der Waals surface area (Å²) in [5.41, 5.74) is 10.1. The van der Waals surface area contributed by atoms with Gasteiger partial charge in [0, 0.05) is 0 Å². The summed E-state index contributed by atoms with van der Waals surface area (Å²) in [4.78, 5) is 0. The summed E-state index contributed by atoms with van der Waals surface area (Å²) in [6.45, 7) is 4.39. The van der Waals surface area contributed by atoms with Gasteiger partial charge < -0.3 is 0 Å². The zero-order chi connectivity index (χ0) is 19.3. The molecule has 0 N–H and O–H groups in total. The van der Waals surface area contributed by atoms with Gasteiger partial charge >= 0.3 is 0 Å².